The molecule has 0 aromatic heterocycles. The molecule has 5 N–H and O–H groups in total. The van der Waals surface area contributed by atoms with Crippen LogP contribution in [0.1, 0.15) is 46.5 Å². The van der Waals surface area contributed by atoms with E-state index in [1.165, 1.54) is 18.2 Å². The summed E-state index contributed by atoms with van der Waals surface area (Å²) in [6.07, 6.45) is 3.36. The van der Waals surface area contributed by atoms with Crippen LogP contribution in [0.25, 0.3) is 0 Å². The van der Waals surface area contributed by atoms with E-state index in [2.05, 4.69) is 30.6 Å². The third-order valence-electron chi connectivity index (χ3n) is 7.79. The largest absolute Gasteiger partial charge is 0.388 e. The highest BCUT2D eigenvalue weighted by Crippen LogP contribution is 2.35. The first kappa shape index (κ1) is 26.4. The third kappa shape index (κ3) is 5.82. The highest BCUT2D eigenvalue weighted by Gasteiger charge is 2.49. The number of hydrogen-bond acceptors (Lipinski definition) is 8. The molecule has 194 valence electrons. The Morgan fingerprint density at radius 1 is 1.21 bits per heavy atom. The predicted molar refractivity (Wildman–Crippen MR) is 131 cm³/mol. The second kappa shape index (κ2) is 11.6. The van der Waals surface area contributed by atoms with Crippen LogP contribution in [0.15, 0.2) is 12.2 Å². The Morgan fingerprint density at radius 3 is 2.76 bits per heavy atom. The van der Waals surface area contributed by atoms with Gasteiger partial charge in [-0.1, -0.05) is 32.9 Å². The lowest BCUT2D eigenvalue weighted by Crippen LogP contribution is -2.65. The van der Waals surface area contributed by atoms with Crippen molar-refractivity contribution >= 4 is 17.7 Å². The first-order valence-electron chi connectivity index (χ1n) is 12.9. The van der Waals surface area contributed by atoms with E-state index in [4.69, 9.17) is 9.47 Å². The van der Waals surface area contributed by atoms with Crippen LogP contribution in [0.4, 0.5) is 0 Å². The van der Waals surface area contributed by atoms with Crippen molar-refractivity contribution in [2.45, 2.75) is 94.5 Å². The molecule has 34 heavy (non-hydrogen) atoms. The maximum absolute atomic E-state index is 13.5. The molecule has 1 amide bonds. The quantitative estimate of drug-likeness (QED) is 0.365. The minimum absolute atomic E-state index is 0.127. The maximum atomic E-state index is 13.5. The summed E-state index contributed by atoms with van der Waals surface area (Å²) in [6.45, 7) is 7.90. The molecule has 4 aliphatic rings. The average molecular weight is 499 g/mol. The van der Waals surface area contributed by atoms with Crippen molar-refractivity contribution in [3.8, 4) is 0 Å². The van der Waals surface area contributed by atoms with Crippen LogP contribution in [0.3, 0.4) is 0 Å². The molecule has 0 radical (unpaired) electrons. The van der Waals surface area contributed by atoms with Gasteiger partial charge in [-0.05, 0) is 55.1 Å². The van der Waals surface area contributed by atoms with Crippen molar-refractivity contribution in [1.82, 2.24) is 10.6 Å². The number of fused-ring (bicyclic) bond motifs is 3. The van der Waals surface area contributed by atoms with E-state index >= 15 is 0 Å². The number of ether oxygens (including phenoxy) is 2. The number of carbonyl (C=O) groups is 1. The number of aliphatic hydroxyl groups is 3. The SMILES string of the molecule is CC(C)C[C@@H]1CCO[C@@H]2[C@H](CN[C@@H]2C(=O)N[C@H]2C3OC(SCC/C=C/[C@H]2C)C(O)C(O)C3O)C1. The van der Waals surface area contributed by atoms with E-state index in [9.17, 15) is 20.1 Å². The van der Waals surface area contributed by atoms with Gasteiger partial charge in [-0.2, -0.15) is 0 Å². The Kier molecular flexibility index (Phi) is 8.99. The van der Waals surface area contributed by atoms with E-state index in [1.807, 2.05) is 13.0 Å². The first-order chi connectivity index (χ1) is 16.3. The van der Waals surface area contributed by atoms with Crippen LogP contribution in [-0.4, -0.2) is 88.2 Å². The molecule has 4 heterocycles. The van der Waals surface area contributed by atoms with Gasteiger partial charge in [-0.15, -0.1) is 11.8 Å². The van der Waals surface area contributed by atoms with Gasteiger partial charge in [0.05, 0.1) is 12.1 Å². The van der Waals surface area contributed by atoms with Gasteiger partial charge in [0.1, 0.15) is 35.9 Å². The number of hydrogen-bond donors (Lipinski definition) is 5. The lowest BCUT2D eigenvalue weighted by atomic mass is 9.85. The molecule has 9 heteroatoms. The second-order valence-corrected chi connectivity index (χ2v) is 12.1. The summed E-state index contributed by atoms with van der Waals surface area (Å²) in [5, 5.41) is 38.2. The zero-order chi connectivity index (χ0) is 24.4. The van der Waals surface area contributed by atoms with Gasteiger partial charge in [-0.3, -0.25) is 4.79 Å². The lowest BCUT2D eigenvalue weighted by Gasteiger charge is -2.45. The van der Waals surface area contributed by atoms with Gasteiger partial charge in [0.25, 0.3) is 0 Å². The lowest BCUT2D eigenvalue weighted by molar-refractivity contribution is -0.207. The molecule has 0 spiro atoms. The highest BCUT2D eigenvalue weighted by molar-refractivity contribution is 7.99. The van der Waals surface area contributed by atoms with E-state index in [1.54, 1.807) is 0 Å². The molecule has 5 unspecified atom stereocenters. The van der Waals surface area contributed by atoms with Gasteiger partial charge < -0.3 is 35.4 Å². The number of amides is 1. The van der Waals surface area contributed by atoms with E-state index < -0.39 is 41.9 Å². The predicted octanol–water partition coefficient (Wildman–Crippen LogP) is 1.04. The average Bonchev–Trinajstić information content (AvgIpc) is 3.08. The van der Waals surface area contributed by atoms with Gasteiger partial charge >= 0.3 is 0 Å². The maximum Gasteiger partial charge on any atom is 0.240 e. The van der Waals surface area contributed by atoms with E-state index in [-0.39, 0.29) is 17.9 Å². The second-order valence-electron chi connectivity index (χ2n) is 10.9. The summed E-state index contributed by atoms with van der Waals surface area (Å²) < 4.78 is 12.3. The molecular weight excluding hydrogens is 456 g/mol. The van der Waals surface area contributed by atoms with Crippen molar-refractivity contribution in [3.05, 3.63) is 12.2 Å². The van der Waals surface area contributed by atoms with Crippen LogP contribution in [0, 0.1) is 23.7 Å². The van der Waals surface area contributed by atoms with E-state index in [0.717, 1.165) is 31.6 Å². The summed E-state index contributed by atoms with van der Waals surface area (Å²) in [6, 6.07) is -1.02. The standard InChI is InChI=1S/C25H42N2O6S/c1-13(2)10-15-7-8-32-22-16(11-15)12-26-18(22)24(31)27-17-14(3)6-4-5-9-34-25-21(30)19(28)20(29)23(17)33-25/h4,6,13-23,25-26,28-30H,5,7-12H2,1-3H3,(H,27,31)/b6-4+/t14-,15+,16+,17-,18+,19?,20?,21?,22-,23?,25?/m1/s1. The fraction of sp³-hybridized carbons (Fsp3) is 0.880. The molecule has 0 aromatic rings. The molecule has 0 aliphatic carbocycles. The number of thioether (sulfide) groups is 1. The topological polar surface area (TPSA) is 120 Å². The van der Waals surface area contributed by atoms with Gasteiger partial charge in [-0.25, -0.2) is 0 Å². The number of allylic oxidation sites excluding steroid dienone is 1. The molecule has 2 bridgehead atoms. The van der Waals surface area contributed by atoms with Crippen molar-refractivity contribution in [3.63, 3.8) is 0 Å². The van der Waals surface area contributed by atoms with Crippen molar-refractivity contribution in [2.75, 3.05) is 18.9 Å². The summed E-state index contributed by atoms with van der Waals surface area (Å²) in [7, 11) is 0. The van der Waals surface area contributed by atoms with Crippen LogP contribution in [0.2, 0.25) is 0 Å². The van der Waals surface area contributed by atoms with Crippen LogP contribution >= 0.6 is 11.8 Å². The summed E-state index contributed by atoms with van der Waals surface area (Å²) in [5.41, 5.74) is -0.654. The number of carbonyl (C=O) groups excluding carboxylic acids is 1. The third-order valence-corrected chi connectivity index (χ3v) is 8.98. The molecule has 8 nitrogen and oxygen atoms in total. The van der Waals surface area contributed by atoms with Crippen LogP contribution in [0.5, 0.6) is 0 Å². The Labute approximate surface area is 207 Å². The monoisotopic (exact) mass is 498 g/mol. The van der Waals surface area contributed by atoms with Crippen molar-refractivity contribution in [2.24, 2.45) is 23.7 Å². The molecule has 3 fully saturated rings. The molecule has 0 aromatic carbocycles. The normalized spacial score (nSPS) is 46.4. The summed E-state index contributed by atoms with van der Waals surface area (Å²) in [4.78, 5) is 13.5. The van der Waals surface area contributed by atoms with Gasteiger partial charge in [0.2, 0.25) is 5.91 Å². The van der Waals surface area contributed by atoms with Crippen molar-refractivity contribution in [1.29, 1.82) is 0 Å². The zero-order valence-corrected chi connectivity index (χ0v) is 21.3. The van der Waals surface area contributed by atoms with Gasteiger partial charge in [0, 0.05) is 13.2 Å². The molecule has 4 aliphatic heterocycles. The summed E-state index contributed by atoms with van der Waals surface area (Å²) >= 11 is 1.42. The highest BCUT2D eigenvalue weighted by atomic mass is 32.2. The fourth-order valence-electron chi connectivity index (χ4n) is 6.03. The van der Waals surface area contributed by atoms with Crippen LogP contribution in [-0.2, 0) is 14.3 Å². The molecule has 0 saturated carbocycles. The Hall–Kier alpha value is -0.680. The fourth-order valence-corrected chi connectivity index (χ4v) is 7.10. The molecule has 3 saturated heterocycles. The molecular formula is C25H42N2O6S. The molecule has 4 rings (SSSR count). The number of aliphatic hydroxyl groups excluding tert-OH is 3. The van der Waals surface area contributed by atoms with Crippen molar-refractivity contribution < 1.29 is 29.6 Å². The Balaban J connectivity index is 1.48. The zero-order valence-electron chi connectivity index (χ0n) is 20.5. The minimum atomic E-state index is -1.33. The smallest absolute Gasteiger partial charge is 0.240 e. The summed E-state index contributed by atoms with van der Waals surface area (Å²) in [5.74, 6) is 2.01. The van der Waals surface area contributed by atoms with Gasteiger partial charge in [0.15, 0.2) is 0 Å². The molecule has 11 atom stereocenters. The first-order valence-corrected chi connectivity index (χ1v) is 13.9. The Bertz CT molecular complexity index is 724. The number of rotatable bonds is 4. The van der Waals surface area contributed by atoms with Crippen LogP contribution < -0.4 is 10.6 Å². The Morgan fingerprint density at radius 2 is 2.00 bits per heavy atom. The minimum Gasteiger partial charge on any atom is -0.388 e. The number of nitrogens with one attached hydrogen (secondary N) is 2. The van der Waals surface area contributed by atoms with E-state index in [0.29, 0.717) is 24.4 Å².